The molecule has 1 aliphatic rings. The summed E-state index contributed by atoms with van der Waals surface area (Å²) in [5, 5.41) is 10.6. The number of rotatable bonds is 6. The Kier molecular flexibility index (Phi) is 5.58. The van der Waals surface area contributed by atoms with Crippen molar-refractivity contribution in [2.24, 2.45) is 4.99 Å². The minimum absolute atomic E-state index is 0.368. The van der Waals surface area contributed by atoms with Gasteiger partial charge in [0.15, 0.2) is 11.7 Å². The molecule has 1 aromatic heterocycles. The van der Waals surface area contributed by atoms with E-state index in [9.17, 15) is 0 Å². The van der Waals surface area contributed by atoms with Crippen LogP contribution in [0.2, 0.25) is 0 Å². The van der Waals surface area contributed by atoms with Crippen molar-refractivity contribution in [1.29, 1.82) is 0 Å². The van der Waals surface area contributed by atoms with Gasteiger partial charge in [-0.15, -0.1) is 0 Å². The van der Waals surface area contributed by atoms with Crippen LogP contribution in [-0.2, 0) is 19.4 Å². The second-order valence-corrected chi connectivity index (χ2v) is 6.52. The summed E-state index contributed by atoms with van der Waals surface area (Å²) in [4.78, 5) is 4.25. The third kappa shape index (κ3) is 4.53. The third-order valence-corrected chi connectivity index (χ3v) is 4.28. The van der Waals surface area contributed by atoms with Gasteiger partial charge in [0.25, 0.3) is 0 Å². The number of nitrogens with zero attached hydrogens (tertiary/aromatic N) is 2. The maximum Gasteiger partial charge on any atom is 0.191 e. The fourth-order valence-corrected chi connectivity index (χ4v) is 2.80. The van der Waals surface area contributed by atoms with Crippen molar-refractivity contribution >= 4 is 5.96 Å². The van der Waals surface area contributed by atoms with Gasteiger partial charge >= 0.3 is 0 Å². The van der Waals surface area contributed by atoms with Gasteiger partial charge in [-0.3, -0.25) is 4.99 Å². The van der Waals surface area contributed by atoms with E-state index in [0.29, 0.717) is 12.5 Å². The zero-order valence-corrected chi connectivity index (χ0v) is 15.1. The van der Waals surface area contributed by atoms with E-state index in [2.05, 4.69) is 52.8 Å². The van der Waals surface area contributed by atoms with Crippen molar-refractivity contribution < 1.29 is 9.26 Å². The molecule has 1 aliphatic heterocycles. The van der Waals surface area contributed by atoms with Crippen molar-refractivity contribution in [2.75, 3.05) is 20.2 Å². The Morgan fingerprint density at radius 2 is 2.16 bits per heavy atom. The number of hydrogen-bond donors (Lipinski definition) is 2. The molecule has 3 rings (SSSR count). The summed E-state index contributed by atoms with van der Waals surface area (Å²) >= 11 is 0. The molecule has 134 valence electrons. The van der Waals surface area contributed by atoms with Crippen LogP contribution in [0, 0.1) is 0 Å². The maximum atomic E-state index is 5.55. The fraction of sp³-hybridized carbons (Fsp3) is 0.474. The van der Waals surface area contributed by atoms with Crippen LogP contribution in [0.1, 0.15) is 42.3 Å². The predicted molar refractivity (Wildman–Crippen MR) is 98.1 cm³/mol. The fourth-order valence-electron chi connectivity index (χ4n) is 2.80. The highest BCUT2D eigenvalue weighted by atomic mass is 16.5. The van der Waals surface area contributed by atoms with E-state index in [-0.39, 0.29) is 0 Å². The molecule has 6 nitrogen and oxygen atoms in total. The molecule has 6 heteroatoms. The molecule has 0 spiro atoms. The summed E-state index contributed by atoms with van der Waals surface area (Å²) in [6, 6.07) is 8.42. The number of ether oxygens (including phenoxy) is 1. The van der Waals surface area contributed by atoms with Gasteiger partial charge in [0, 0.05) is 26.1 Å². The lowest BCUT2D eigenvalue weighted by Gasteiger charge is -2.11. The highest BCUT2D eigenvalue weighted by Crippen LogP contribution is 2.25. The van der Waals surface area contributed by atoms with Gasteiger partial charge < -0.3 is 19.9 Å². The number of aliphatic imine (C=N–C) groups is 1. The highest BCUT2D eigenvalue weighted by Gasteiger charge is 2.12. The first-order valence-electron chi connectivity index (χ1n) is 8.80. The molecule has 0 radical (unpaired) electrons. The normalized spacial score (nSPS) is 13.7. The van der Waals surface area contributed by atoms with Crippen molar-refractivity contribution in [3.63, 3.8) is 0 Å². The number of hydrogen-bond acceptors (Lipinski definition) is 4. The van der Waals surface area contributed by atoms with Crippen LogP contribution in [0.5, 0.6) is 5.75 Å². The Labute approximate surface area is 148 Å². The van der Waals surface area contributed by atoms with Gasteiger partial charge in [0.2, 0.25) is 0 Å². The van der Waals surface area contributed by atoms with E-state index < -0.39 is 0 Å². The standard InChI is InChI=1S/C19H26N4O2/c1-13(2)17-11-16(25-23-17)12-22-19(20-3)21-8-6-14-4-5-18-15(10-14)7-9-24-18/h4-5,10-11,13H,6-9,12H2,1-3H3,(H2,20,21,22). The van der Waals surface area contributed by atoms with E-state index in [0.717, 1.165) is 49.2 Å². The average Bonchev–Trinajstić information content (AvgIpc) is 3.26. The number of benzene rings is 1. The molecular weight excluding hydrogens is 316 g/mol. The van der Waals surface area contributed by atoms with Gasteiger partial charge in [-0.05, 0) is 29.5 Å². The second-order valence-electron chi connectivity index (χ2n) is 6.52. The van der Waals surface area contributed by atoms with Crippen LogP contribution in [0.3, 0.4) is 0 Å². The smallest absolute Gasteiger partial charge is 0.191 e. The summed E-state index contributed by atoms with van der Waals surface area (Å²) in [5.74, 6) is 2.96. The lowest BCUT2D eigenvalue weighted by Crippen LogP contribution is -2.37. The minimum Gasteiger partial charge on any atom is -0.493 e. The van der Waals surface area contributed by atoms with Crippen LogP contribution in [0.25, 0.3) is 0 Å². The molecule has 2 N–H and O–H groups in total. The van der Waals surface area contributed by atoms with E-state index in [1.54, 1.807) is 7.05 Å². The summed E-state index contributed by atoms with van der Waals surface area (Å²) in [6.45, 7) is 6.37. The summed E-state index contributed by atoms with van der Waals surface area (Å²) in [5.41, 5.74) is 3.59. The topological polar surface area (TPSA) is 71.7 Å². The molecule has 0 saturated heterocycles. The van der Waals surface area contributed by atoms with E-state index >= 15 is 0 Å². The van der Waals surface area contributed by atoms with Crippen LogP contribution < -0.4 is 15.4 Å². The van der Waals surface area contributed by atoms with Crippen molar-refractivity contribution in [1.82, 2.24) is 15.8 Å². The first kappa shape index (κ1) is 17.3. The number of guanidine groups is 1. The van der Waals surface area contributed by atoms with Gasteiger partial charge in [-0.2, -0.15) is 0 Å². The molecule has 0 fully saturated rings. The molecule has 0 saturated carbocycles. The van der Waals surface area contributed by atoms with Crippen LogP contribution >= 0.6 is 0 Å². The third-order valence-electron chi connectivity index (χ3n) is 4.28. The van der Waals surface area contributed by atoms with Crippen LogP contribution in [0.4, 0.5) is 0 Å². The molecular formula is C19H26N4O2. The SMILES string of the molecule is CN=C(NCCc1ccc2c(c1)CCO2)NCc1cc(C(C)C)no1. The monoisotopic (exact) mass is 342 g/mol. The molecule has 2 heterocycles. The van der Waals surface area contributed by atoms with Crippen LogP contribution in [0.15, 0.2) is 33.8 Å². The molecule has 2 aromatic rings. The predicted octanol–water partition coefficient (Wildman–Crippen LogP) is 2.64. The van der Waals surface area contributed by atoms with Gasteiger partial charge in [0.1, 0.15) is 5.75 Å². The van der Waals surface area contributed by atoms with Crippen LogP contribution in [-0.4, -0.2) is 31.3 Å². The zero-order chi connectivity index (χ0) is 17.6. The molecule has 0 bridgehead atoms. The summed E-state index contributed by atoms with van der Waals surface area (Å²) < 4.78 is 10.9. The first-order chi connectivity index (χ1) is 12.2. The Morgan fingerprint density at radius 3 is 2.92 bits per heavy atom. The second kappa shape index (κ2) is 8.05. The Hall–Kier alpha value is -2.50. The van der Waals surface area contributed by atoms with Gasteiger partial charge in [0.05, 0.1) is 18.8 Å². The minimum atomic E-state index is 0.368. The molecule has 25 heavy (non-hydrogen) atoms. The van der Waals surface area contributed by atoms with Gasteiger partial charge in [-0.25, -0.2) is 0 Å². The van der Waals surface area contributed by atoms with E-state index in [1.807, 2.05) is 6.07 Å². The largest absolute Gasteiger partial charge is 0.493 e. The Bertz CT molecular complexity index is 737. The average molecular weight is 342 g/mol. The van der Waals surface area contributed by atoms with Gasteiger partial charge in [-0.1, -0.05) is 31.1 Å². The Balaban J connectivity index is 1.44. The lowest BCUT2D eigenvalue weighted by molar-refractivity contribution is 0.357. The lowest BCUT2D eigenvalue weighted by atomic mass is 10.1. The molecule has 0 unspecified atom stereocenters. The Morgan fingerprint density at radius 1 is 1.28 bits per heavy atom. The van der Waals surface area contributed by atoms with E-state index in [1.165, 1.54) is 11.1 Å². The zero-order valence-electron chi connectivity index (χ0n) is 15.1. The van der Waals surface area contributed by atoms with Crippen molar-refractivity contribution in [2.45, 2.75) is 39.2 Å². The molecule has 1 aromatic carbocycles. The summed E-state index contributed by atoms with van der Waals surface area (Å²) in [7, 11) is 1.77. The quantitative estimate of drug-likeness (QED) is 0.624. The van der Waals surface area contributed by atoms with Crippen molar-refractivity contribution in [3.8, 4) is 5.75 Å². The summed E-state index contributed by atoms with van der Waals surface area (Å²) in [6.07, 6.45) is 1.95. The first-order valence-corrected chi connectivity index (χ1v) is 8.80. The number of nitrogens with one attached hydrogen (secondary N) is 2. The maximum absolute atomic E-state index is 5.55. The number of aromatic nitrogens is 1. The molecule has 0 aliphatic carbocycles. The van der Waals surface area contributed by atoms with Crippen molar-refractivity contribution in [3.05, 3.63) is 46.8 Å². The molecule has 0 atom stereocenters. The number of fused-ring (bicyclic) bond motifs is 1. The molecule has 0 amide bonds. The van der Waals surface area contributed by atoms with E-state index in [4.69, 9.17) is 9.26 Å². The highest BCUT2D eigenvalue weighted by molar-refractivity contribution is 5.79.